The fourth-order valence-electron chi connectivity index (χ4n) is 2.78. The van der Waals surface area contributed by atoms with E-state index in [0.717, 1.165) is 38.6 Å². The number of nitrogens with one attached hydrogen (secondary N) is 2. The average molecular weight is 349 g/mol. The molecule has 5 heteroatoms. The average Bonchev–Trinajstić information content (AvgIpc) is 2.57. The van der Waals surface area contributed by atoms with E-state index in [9.17, 15) is 0 Å². The van der Waals surface area contributed by atoms with Crippen molar-refractivity contribution in [3.8, 4) is 0 Å². The summed E-state index contributed by atoms with van der Waals surface area (Å²) in [6.07, 6.45) is 1.26. The molecule has 142 valence electrons. The monoisotopic (exact) mass is 348 g/mol. The highest BCUT2D eigenvalue weighted by atomic mass is 16.5. The zero-order valence-electron chi connectivity index (χ0n) is 16.8. The Hall–Kier alpha value is -1.59. The zero-order chi connectivity index (χ0) is 18.7. The molecule has 0 bridgehead atoms. The van der Waals surface area contributed by atoms with Crippen LogP contribution >= 0.6 is 0 Å². The maximum atomic E-state index is 5.80. The molecule has 1 atom stereocenters. The predicted molar refractivity (Wildman–Crippen MR) is 107 cm³/mol. The minimum atomic E-state index is 0.288. The molecule has 0 amide bonds. The molecule has 2 N–H and O–H groups in total. The summed E-state index contributed by atoms with van der Waals surface area (Å²) in [4.78, 5) is 6.51. The van der Waals surface area contributed by atoms with Crippen molar-refractivity contribution in [3.63, 3.8) is 0 Å². The van der Waals surface area contributed by atoms with Crippen LogP contribution in [0.2, 0.25) is 0 Å². The Kier molecular flexibility index (Phi) is 10.2. The standard InChI is InChI=1S/C20H36N4O/c1-7-25-19(16(2)3)12-13-22-20(21-4)23-14-17-10-8-9-11-18(17)15-24(5)6/h8-11,16,19H,7,12-15H2,1-6H3,(H2,21,22,23). The lowest BCUT2D eigenvalue weighted by molar-refractivity contribution is 0.0258. The number of aliphatic imine (C=N–C) groups is 1. The maximum absolute atomic E-state index is 5.80. The Morgan fingerprint density at radius 1 is 1.16 bits per heavy atom. The quantitative estimate of drug-likeness (QED) is 0.504. The second kappa shape index (κ2) is 11.9. The number of guanidine groups is 1. The Bertz CT molecular complexity index is 514. The molecular weight excluding hydrogens is 312 g/mol. The van der Waals surface area contributed by atoms with E-state index in [2.05, 4.69) is 79.7 Å². The lowest BCUT2D eigenvalue weighted by atomic mass is 10.0. The predicted octanol–water partition coefficient (Wildman–Crippen LogP) is 2.86. The van der Waals surface area contributed by atoms with E-state index in [0.29, 0.717) is 5.92 Å². The topological polar surface area (TPSA) is 48.9 Å². The van der Waals surface area contributed by atoms with Crippen molar-refractivity contribution in [1.29, 1.82) is 0 Å². The molecule has 0 saturated heterocycles. The molecule has 0 heterocycles. The SMILES string of the molecule is CCOC(CCNC(=NC)NCc1ccccc1CN(C)C)C(C)C. The summed E-state index contributed by atoms with van der Waals surface area (Å²) in [6, 6.07) is 8.53. The van der Waals surface area contributed by atoms with E-state index in [1.807, 2.05) is 7.05 Å². The van der Waals surface area contributed by atoms with Crippen molar-refractivity contribution >= 4 is 5.96 Å². The highest BCUT2D eigenvalue weighted by Gasteiger charge is 2.13. The normalized spacial score (nSPS) is 13.4. The number of nitrogens with zero attached hydrogens (tertiary/aromatic N) is 2. The number of ether oxygens (including phenoxy) is 1. The van der Waals surface area contributed by atoms with Gasteiger partial charge in [0.1, 0.15) is 0 Å². The molecule has 0 spiro atoms. The van der Waals surface area contributed by atoms with E-state index in [-0.39, 0.29) is 6.10 Å². The molecule has 0 aliphatic carbocycles. The largest absolute Gasteiger partial charge is 0.378 e. The summed E-state index contributed by atoms with van der Waals surface area (Å²) in [7, 11) is 5.99. The first kappa shape index (κ1) is 21.5. The molecule has 1 aromatic carbocycles. The molecule has 0 aliphatic heterocycles. The number of benzene rings is 1. The van der Waals surface area contributed by atoms with E-state index in [4.69, 9.17) is 4.74 Å². The molecule has 0 aromatic heterocycles. The number of hydrogen-bond acceptors (Lipinski definition) is 3. The van der Waals surface area contributed by atoms with Crippen LogP contribution in [0.25, 0.3) is 0 Å². The van der Waals surface area contributed by atoms with E-state index < -0.39 is 0 Å². The van der Waals surface area contributed by atoms with Crippen molar-refractivity contribution < 1.29 is 4.74 Å². The molecule has 0 fully saturated rings. The van der Waals surface area contributed by atoms with Crippen molar-refractivity contribution in [2.45, 2.75) is 46.4 Å². The van der Waals surface area contributed by atoms with Crippen LogP contribution in [0.4, 0.5) is 0 Å². The first-order valence-corrected chi connectivity index (χ1v) is 9.25. The maximum Gasteiger partial charge on any atom is 0.191 e. The van der Waals surface area contributed by atoms with Crippen molar-refractivity contribution in [2.75, 3.05) is 34.3 Å². The Morgan fingerprint density at radius 2 is 1.84 bits per heavy atom. The highest BCUT2D eigenvalue weighted by molar-refractivity contribution is 5.79. The van der Waals surface area contributed by atoms with Gasteiger partial charge in [-0.05, 0) is 44.5 Å². The van der Waals surface area contributed by atoms with Crippen molar-refractivity contribution in [2.24, 2.45) is 10.9 Å². The van der Waals surface area contributed by atoms with Crippen molar-refractivity contribution in [3.05, 3.63) is 35.4 Å². The summed E-state index contributed by atoms with van der Waals surface area (Å²) in [5.41, 5.74) is 2.64. The molecule has 1 aromatic rings. The van der Waals surface area contributed by atoms with Gasteiger partial charge in [-0.3, -0.25) is 4.99 Å². The first-order valence-electron chi connectivity index (χ1n) is 9.25. The van der Waals surface area contributed by atoms with Gasteiger partial charge in [0, 0.05) is 33.3 Å². The van der Waals surface area contributed by atoms with E-state index >= 15 is 0 Å². The molecule has 1 unspecified atom stereocenters. The third kappa shape index (κ3) is 8.36. The van der Waals surface area contributed by atoms with Crippen LogP contribution in [0.3, 0.4) is 0 Å². The Morgan fingerprint density at radius 3 is 2.40 bits per heavy atom. The van der Waals surface area contributed by atoms with E-state index in [1.165, 1.54) is 11.1 Å². The van der Waals surface area contributed by atoms with Gasteiger partial charge in [-0.2, -0.15) is 0 Å². The fraction of sp³-hybridized carbons (Fsp3) is 0.650. The first-order chi connectivity index (χ1) is 12.0. The fourth-order valence-corrected chi connectivity index (χ4v) is 2.78. The number of hydrogen-bond donors (Lipinski definition) is 2. The lowest BCUT2D eigenvalue weighted by Gasteiger charge is -2.21. The number of rotatable bonds is 10. The molecular formula is C20H36N4O. The highest BCUT2D eigenvalue weighted by Crippen LogP contribution is 2.11. The van der Waals surface area contributed by atoms with Crippen LogP contribution in [0.15, 0.2) is 29.3 Å². The Labute approximate surface area is 153 Å². The molecule has 1 rings (SSSR count). The van der Waals surface area contributed by atoms with Crippen LogP contribution in [0, 0.1) is 5.92 Å². The zero-order valence-corrected chi connectivity index (χ0v) is 16.8. The van der Waals surface area contributed by atoms with Crippen LogP contribution in [-0.4, -0.2) is 51.3 Å². The van der Waals surface area contributed by atoms with Gasteiger partial charge in [-0.1, -0.05) is 38.1 Å². The van der Waals surface area contributed by atoms with Crippen molar-refractivity contribution in [1.82, 2.24) is 15.5 Å². The smallest absolute Gasteiger partial charge is 0.191 e. The van der Waals surface area contributed by atoms with Crippen LogP contribution in [0.5, 0.6) is 0 Å². The van der Waals surface area contributed by atoms with E-state index in [1.54, 1.807) is 0 Å². The van der Waals surface area contributed by atoms with Crippen LogP contribution < -0.4 is 10.6 Å². The summed E-state index contributed by atoms with van der Waals surface area (Å²) in [5.74, 6) is 1.35. The second-order valence-corrected chi connectivity index (χ2v) is 6.89. The molecule has 25 heavy (non-hydrogen) atoms. The van der Waals surface area contributed by atoms with Gasteiger partial charge >= 0.3 is 0 Å². The molecule has 0 aliphatic rings. The minimum absolute atomic E-state index is 0.288. The van der Waals surface area contributed by atoms with Gasteiger partial charge in [0.05, 0.1) is 6.10 Å². The molecule has 0 radical (unpaired) electrons. The van der Waals surface area contributed by atoms with Gasteiger partial charge in [0.15, 0.2) is 5.96 Å². The molecule has 0 saturated carbocycles. The van der Waals surface area contributed by atoms with Gasteiger partial charge in [-0.25, -0.2) is 0 Å². The van der Waals surface area contributed by atoms with Crippen LogP contribution in [0.1, 0.15) is 38.3 Å². The van der Waals surface area contributed by atoms with Crippen LogP contribution in [-0.2, 0) is 17.8 Å². The summed E-state index contributed by atoms with van der Waals surface area (Å²) < 4.78 is 5.80. The Balaban J connectivity index is 2.50. The second-order valence-electron chi connectivity index (χ2n) is 6.89. The van der Waals surface area contributed by atoms with Gasteiger partial charge in [0.2, 0.25) is 0 Å². The molecule has 5 nitrogen and oxygen atoms in total. The van der Waals surface area contributed by atoms with Gasteiger partial charge in [0.25, 0.3) is 0 Å². The van der Waals surface area contributed by atoms with Gasteiger partial charge in [-0.15, -0.1) is 0 Å². The summed E-state index contributed by atoms with van der Waals surface area (Å²) in [5, 5.41) is 6.81. The third-order valence-corrected chi connectivity index (χ3v) is 4.12. The lowest BCUT2D eigenvalue weighted by Crippen LogP contribution is -2.39. The van der Waals surface area contributed by atoms with Gasteiger partial charge < -0.3 is 20.3 Å². The minimum Gasteiger partial charge on any atom is -0.378 e. The third-order valence-electron chi connectivity index (χ3n) is 4.12. The summed E-state index contributed by atoms with van der Waals surface area (Å²) in [6.45, 7) is 9.77. The summed E-state index contributed by atoms with van der Waals surface area (Å²) >= 11 is 0.